The van der Waals surface area contributed by atoms with Crippen LogP contribution in [0, 0.1) is 6.92 Å². The fraction of sp³-hybridized carbons (Fsp3) is 0.350. The smallest absolute Gasteiger partial charge is 0.277 e. The highest BCUT2D eigenvalue weighted by atomic mass is 32.2. The molecule has 0 unspecified atom stereocenters. The first-order chi connectivity index (χ1) is 13.7. The van der Waals surface area contributed by atoms with Crippen LogP contribution in [0.15, 0.2) is 51.4 Å². The number of aromatic nitrogens is 2. The number of rotatable bonds is 6. The molecule has 0 spiro atoms. The summed E-state index contributed by atoms with van der Waals surface area (Å²) in [5.41, 5.74) is 2.01. The lowest BCUT2D eigenvalue weighted by atomic mass is 10.1. The van der Waals surface area contributed by atoms with Crippen LogP contribution in [0.1, 0.15) is 10.4 Å². The van der Waals surface area contributed by atoms with Crippen molar-refractivity contribution in [2.45, 2.75) is 18.7 Å². The van der Waals surface area contributed by atoms with Gasteiger partial charge in [0.1, 0.15) is 0 Å². The van der Waals surface area contributed by atoms with Gasteiger partial charge in [0.05, 0.1) is 5.75 Å². The average Bonchev–Trinajstić information content (AvgIpc) is 3.39. The summed E-state index contributed by atoms with van der Waals surface area (Å²) in [6, 6.07) is 12.1. The predicted octanol–water partition coefficient (Wildman–Crippen LogP) is 3.54. The quantitative estimate of drug-likeness (QED) is 0.575. The molecular formula is C20H22N4O2S2. The highest BCUT2D eigenvalue weighted by molar-refractivity contribution is 7.99. The summed E-state index contributed by atoms with van der Waals surface area (Å²) in [6.45, 7) is 6.33. The normalized spacial score (nSPS) is 15.1. The maximum Gasteiger partial charge on any atom is 0.277 e. The van der Waals surface area contributed by atoms with Crippen LogP contribution in [-0.4, -0.2) is 57.8 Å². The zero-order chi connectivity index (χ0) is 19.3. The van der Waals surface area contributed by atoms with Crippen LogP contribution in [0.3, 0.4) is 0 Å². The van der Waals surface area contributed by atoms with E-state index in [0.717, 1.165) is 43.9 Å². The van der Waals surface area contributed by atoms with Gasteiger partial charge in [0, 0.05) is 43.2 Å². The van der Waals surface area contributed by atoms with E-state index in [9.17, 15) is 4.79 Å². The summed E-state index contributed by atoms with van der Waals surface area (Å²) in [4.78, 5) is 18.2. The second-order valence-corrected chi connectivity index (χ2v) is 8.67. The molecule has 0 atom stereocenters. The van der Waals surface area contributed by atoms with Crippen LogP contribution < -0.4 is 0 Å². The maximum atomic E-state index is 12.5. The lowest BCUT2D eigenvalue weighted by molar-refractivity contribution is -0.130. The predicted molar refractivity (Wildman–Crippen MR) is 111 cm³/mol. The number of hydrogen-bond donors (Lipinski definition) is 0. The zero-order valence-electron chi connectivity index (χ0n) is 15.7. The fourth-order valence-corrected chi connectivity index (χ4v) is 4.59. The molecule has 3 aromatic rings. The first-order valence-electron chi connectivity index (χ1n) is 9.24. The molecule has 1 saturated heterocycles. The van der Waals surface area contributed by atoms with Gasteiger partial charge >= 0.3 is 0 Å². The number of carbonyl (C=O) groups is 1. The highest BCUT2D eigenvalue weighted by Gasteiger charge is 2.22. The van der Waals surface area contributed by atoms with Crippen molar-refractivity contribution in [3.8, 4) is 11.5 Å². The first kappa shape index (κ1) is 19.2. The minimum atomic E-state index is 0.122. The van der Waals surface area contributed by atoms with Gasteiger partial charge in [0.25, 0.3) is 5.22 Å². The monoisotopic (exact) mass is 414 g/mol. The van der Waals surface area contributed by atoms with Crippen molar-refractivity contribution in [2.24, 2.45) is 0 Å². The van der Waals surface area contributed by atoms with Gasteiger partial charge in [-0.25, -0.2) is 0 Å². The molecule has 1 aromatic carbocycles. The lowest BCUT2D eigenvalue weighted by Crippen LogP contribution is -2.48. The van der Waals surface area contributed by atoms with E-state index in [0.29, 0.717) is 16.9 Å². The van der Waals surface area contributed by atoms with E-state index in [1.54, 1.807) is 11.3 Å². The van der Waals surface area contributed by atoms with Crippen molar-refractivity contribution in [2.75, 3.05) is 31.9 Å². The van der Waals surface area contributed by atoms with E-state index in [4.69, 9.17) is 4.42 Å². The Morgan fingerprint density at radius 1 is 1.14 bits per heavy atom. The number of aryl methyl sites for hydroxylation is 1. The summed E-state index contributed by atoms with van der Waals surface area (Å²) in [5.74, 6) is 0.937. The van der Waals surface area contributed by atoms with Crippen molar-refractivity contribution in [1.29, 1.82) is 0 Å². The Kier molecular flexibility index (Phi) is 6.09. The molecule has 28 heavy (non-hydrogen) atoms. The van der Waals surface area contributed by atoms with Gasteiger partial charge < -0.3 is 9.32 Å². The molecule has 1 aliphatic rings. The molecule has 4 rings (SSSR count). The second kappa shape index (κ2) is 8.89. The standard InChI is InChI=1S/C20H22N4O2S2/c1-15-5-2-3-7-17(15)19-21-22-20(26-19)28-14-18(25)24-10-8-23(9-11-24)13-16-6-4-12-27-16/h2-7,12H,8-11,13-14H2,1H3. The largest absolute Gasteiger partial charge is 0.411 e. The Bertz CT molecular complexity index is 918. The van der Waals surface area contributed by atoms with Crippen molar-refractivity contribution in [1.82, 2.24) is 20.0 Å². The number of amides is 1. The van der Waals surface area contributed by atoms with E-state index in [-0.39, 0.29) is 5.91 Å². The summed E-state index contributed by atoms with van der Waals surface area (Å²) in [6.07, 6.45) is 0. The Morgan fingerprint density at radius 2 is 1.96 bits per heavy atom. The number of thiophene rings is 1. The van der Waals surface area contributed by atoms with Gasteiger partial charge in [0.15, 0.2) is 0 Å². The Hall–Kier alpha value is -2.16. The molecule has 0 saturated carbocycles. The third-order valence-corrected chi connectivity index (χ3v) is 6.45. The van der Waals surface area contributed by atoms with Gasteiger partial charge in [-0.3, -0.25) is 9.69 Å². The van der Waals surface area contributed by atoms with Crippen LogP contribution in [0.25, 0.3) is 11.5 Å². The molecule has 0 N–H and O–H groups in total. The van der Waals surface area contributed by atoms with E-state index in [1.165, 1.54) is 16.6 Å². The molecule has 8 heteroatoms. The summed E-state index contributed by atoms with van der Waals surface area (Å²) >= 11 is 3.09. The molecule has 6 nitrogen and oxygen atoms in total. The molecular weight excluding hydrogens is 392 g/mol. The highest BCUT2D eigenvalue weighted by Crippen LogP contribution is 2.25. The number of hydrogen-bond acceptors (Lipinski definition) is 7. The Morgan fingerprint density at radius 3 is 2.71 bits per heavy atom. The van der Waals surface area contributed by atoms with Crippen LogP contribution >= 0.6 is 23.1 Å². The summed E-state index contributed by atoms with van der Waals surface area (Å²) in [5, 5.41) is 10.7. The second-order valence-electron chi connectivity index (χ2n) is 6.71. The minimum Gasteiger partial charge on any atom is -0.411 e. The van der Waals surface area contributed by atoms with Crippen molar-refractivity contribution in [3.63, 3.8) is 0 Å². The van der Waals surface area contributed by atoms with E-state index in [2.05, 4.69) is 32.6 Å². The number of carbonyl (C=O) groups excluding carboxylic acids is 1. The third-order valence-electron chi connectivity index (χ3n) is 4.79. The molecule has 146 valence electrons. The molecule has 2 aromatic heterocycles. The molecule has 0 aliphatic carbocycles. The maximum absolute atomic E-state index is 12.5. The lowest BCUT2D eigenvalue weighted by Gasteiger charge is -2.34. The number of piperazine rings is 1. The third kappa shape index (κ3) is 4.63. The van der Waals surface area contributed by atoms with E-state index < -0.39 is 0 Å². The fourth-order valence-electron chi connectivity index (χ4n) is 3.18. The van der Waals surface area contributed by atoms with Crippen LogP contribution in [0.4, 0.5) is 0 Å². The van der Waals surface area contributed by atoms with Crippen LogP contribution in [-0.2, 0) is 11.3 Å². The van der Waals surface area contributed by atoms with E-state index in [1.807, 2.05) is 36.1 Å². The molecule has 1 aliphatic heterocycles. The van der Waals surface area contributed by atoms with Gasteiger partial charge in [-0.15, -0.1) is 21.5 Å². The van der Waals surface area contributed by atoms with Gasteiger partial charge in [-0.05, 0) is 30.0 Å². The van der Waals surface area contributed by atoms with Crippen molar-refractivity contribution < 1.29 is 9.21 Å². The average molecular weight is 415 g/mol. The van der Waals surface area contributed by atoms with Gasteiger partial charge in [0.2, 0.25) is 11.8 Å². The van der Waals surface area contributed by atoms with Crippen LogP contribution in [0.2, 0.25) is 0 Å². The van der Waals surface area contributed by atoms with Gasteiger partial charge in [-0.1, -0.05) is 36.0 Å². The van der Waals surface area contributed by atoms with Gasteiger partial charge in [-0.2, -0.15) is 0 Å². The zero-order valence-corrected chi connectivity index (χ0v) is 17.3. The Labute approximate surface area is 172 Å². The number of thioether (sulfide) groups is 1. The first-order valence-corrected chi connectivity index (χ1v) is 11.1. The number of nitrogens with zero attached hydrogens (tertiary/aromatic N) is 4. The van der Waals surface area contributed by atoms with Crippen molar-refractivity contribution >= 4 is 29.0 Å². The summed E-state index contributed by atoms with van der Waals surface area (Å²) < 4.78 is 5.73. The van der Waals surface area contributed by atoms with Crippen molar-refractivity contribution in [3.05, 3.63) is 52.2 Å². The molecule has 3 heterocycles. The topological polar surface area (TPSA) is 62.5 Å². The minimum absolute atomic E-state index is 0.122. The SMILES string of the molecule is Cc1ccccc1-c1nnc(SCC(=O)N2CCN(Cc3cccs3)CC2)o1. The molecule has 1 fully saturated rings. The molecule has 0 bridgehead atoms. The molecule has 0 radical (unpaired) electrons. The molecule has 1 amide bonds. The van der Waals surface area contributed by atoms with Crippen LogP contribution in [0.5, 0.6) is 0 Å². The Balaban J connectivity index is 1.26. The summed E-state index contributed by atoms with van der Waals surface area (Å²) in [7, 11) is 0. The van der Waals surface area contributed by atoms with E-state index >= 15 is 0 Å². The number of benzene rings is 1.